The molecule has 0 bridgehead atoms. The van der Waals surface area contributed by atoms with Gasteiger partial charge in [0.1, 0.15) is 17.2 Å². The molecule has 1 aliphatic carbocycles. The van der Waals surface area contributed by atoms with Gasteiger partial charge in [-0.3, -0.25) is 4.79 Å². The molecule has 0 spiro atoms. The van der Waals surface area contributed by atoms with Crippen molar-refractivity contribution in [2.75, 3.05) is 0 Å². The third kappa shape index (κ3) is 3.16. The molecular weight excluding hydrogens is 362 g/mol. The molecule has 0 fully saturated rings. The molecule has 0 saturated heterocycles. The molecule has 27 heavy (non-hydrogen) atoms. The van der Waals surface area contributed by atoms with Crippen LogP contribution in [0.1, 0.15) is 50.4 Å². The van der Waals surface area contributed by atoms with Crippen LogP contribution in [0.3, 0.4) is 0 Å². The minimum Gasteiger partial charge on any atom is -0.350 e. The van der Waals surface area contributed by atoms with Crippen molar-refractivity contribution >= 4 is 33.1 Å². The number of hydrogen-bond donors (Lipinski definition) is 1. The number of amides is 1. The third-order valence-corrected chi connectivity index (χ3v) is 6.10. The van der Waals surface area contributed by atoms with Crippen LogP contribution in [0.2, 0.25) is 0 Å². The summed E-state index contributed by atoms with van der Waals surface area (Å²) in [4.78, 5) is 32.1. The lowest BCUT2D eigenvalue weighted by Crippen LogP contribution is -2.43. The Morgan fingerprint density at radius 1 is 1.37 bits per heavy atom. The van der Waals surface area contributed by atoms with Crippen LogP contribution in [0.15, 0.2) is 4.79 Å². The van der Waals surface area contributed by atoms with Gasteiger partial charge in [-0.25, -0.2) is 18.9 Å². The predicted molar refractivity (Wildman–Crippen MR) is 106 cm³/mol. The highest BCUT2D eigenvalue weighted by molar-refractivity contribution is 7.19. The van der Waals surface area contributed by atoms with Crippen molar-refractivity contribution in [3.63, 3.8) is 0 Å². The predicted octanol–water partition coefficient (Wildman–Crippen LogP) is 2.45. The number of rotatable bonds is 2. The number of nitrogens with zero attached hydrogens (tertiary/aromatic N) is 4. The minimum atomic E-state index is -0.353. The van der Waals surface area contributed by atoms with E-state index in [2.05, 4.69) is 22.3 Å². The van der Waals surface area contributed by atoms with E-state index < -0.39 is 0 Å². The van der Waals surface area contributed by atoms with Crippen molar-refractivity contribution < 1.29 is 4.79 Å². The van der Waals surface area contributed by atoms with Gasteiger partial charge < -0.3 is 5.32 Å². The molecule has 0 saturated carbocycles. The Bertz CT molecular complexity index is 1120. The zero-order valence-electron chi connectivity index (χ0n) is 16.4. The second-order valence-corrected chi connectivity index (χ2v) is 9.67. The van der Waals surface area contributed by atoms with Gasteiger partial charge in [-0.05, 0) is 58.4 Å². The van der Waals surface area contributed by atoms with Gasteiger partial charge in [0.25, 0.3) is 0 Å². The molecule has 1 aliphatic rings. The first kappa shape index (κ1) is 18.2. The molecule has 8 heteroatoms. The van der Waals surface area contributed by atoms with Gasteiger partial charge in [0, 0.05) is 10.4 Å². The second-order valence-electron chi connectivity index (χ2n) is 8.59. The monoisotopic (exact) mass is 387 g/mol. The van der Waals surface area contributed by atoms with E-state index in [9.17, 15) is 9.59 Å². The van der Waals surface area contributed by atoms with Gasteiger partial charge in [0.05, 0.1) is 5.39 Å². The normalized spacial score (nSPS) is 17.4. The van der Waals surface area contributed by atoms with E-state index >= 15 is 0 Å². The van der Waals surface area contributed by atoms with Crippen molar-refractivity contribution in [3.8, 4) is 0 Å². The topological polar surface area (TPSA) is 81.3 Å². The summed E-state index contributed by atoms with van der Waals surface area (Å²) in [6, 6.07) is 0. The third-order valence-electron chi connectivity index (χ3n) is 4.95. The average Bonchev–Trinajstić information content (AvgIpc) is 3.03. The van der Waals surface area contributed by atoms with Gasteiger partial charge in [-0.2, -0.15) is 0 Å². The van der Waals surface area contributed by atoms with Crippen LogP contribution < -0.4 is 11.0 Å². The van der Waals surface area contributed by atoms with Crippen molar-refractivity contribution in [1.82, 2.24) is 24.5 Å². The van der Waals surface area contributed by atoms with Gasteiger partial charge >= 0.3 is 5.69 Å². The number of hydrogen-bond acceptors (Lipinski definition) is 5. The van der Waals surface area contributed by atoms with Crippen LogP contribution >= 0.6 is 11.3 Å². The minimum absolute atomic E-state index is 0.0952. The molecular formula is C19H25N5O2S. The van der Waals surface area contributed by atoms with Crippen molar-refractivity contribution in [2.45, 2.75) is 66.0 Å². The number of carbonyl (C=O) groups is 1. The summed E-state index contributed by atoms with van der Waals surface area (Å²) < 4.78 is 2.79. The quantitative estimate of drug-likeness (QED) is 0.732. The van der Waals surface area contributed by atoms with Crippen LogP contribution in [-0.4, -0.2) is 30.6 Å². The summed E-state index contributed by atoms with van der Waals surface area (Å²) in [7, 11) is 0. The second kappa shape index (κ2) is 6.15. The fourth-order valence-electron chi connectivity index (χ4n) is 3.80. The fraction of sp³-hybridized carbons (Fsp3) is 0.579. The standard InChI is InChI=1S/C19H25N5O2S/c1-10-6-7-12-13(8-10)27-17-15(12)16-22-23(9-14(25)21-19(3,4)5)18(26)24(16)11(2)20-17/h10H,6-9H2,1-5H3,(H,21,25)/t10-/m0/s1. The highest BCUT2D eigenvalue weighted by atomic mass is 32.1. The number of aryl methyl sites for hydroxylation is 2. The summed E-state index contributed by atoms with van der Waals surface area (Å²) in [5.41, 5.74) is 1.23. The molecule has 3 aromatic rings. The zero-order chi connectivity index (χ0) is 19.5. The molecule has 0 aromatic carbocycles. The maximum absolute atomic E-state index is 12.9. The van der Waals surface area contributed by atoms with Crippen molar-refractivity contribution in [2.24, 2.45) is 5.92 Å². The first-order valence-corrected chi connectivity index (χ1v) is 10.2. The summed E-state index contributed by atoms with van der Waals surface area (Å²) in [5, 5.41) is 8.41. The van der Waals surface area contributed by atoms with Gasteiger partial charge in [0.15, 0.2) is 5.65 Å². The van der Waals surface area contributed by atoms with E-state index in [-0.39, 0.29) is 23.7 Å². The maximum atomic E-state index is 12.9. The smallest absolute Gasteiger partial charge is 0.350 e. The molecule has 1 amide bonds. The molecule has 7 nitrogen and oxygen atoms in total. The molecule has 0 aliphatic heterocycles. The van der Waals surface area contributed by atoms with Crippen LogP contribution in [-0.2, 0) is 24.2 Å². The molecule has 0 unspecified atom stereocenters. The lowest BCUT2D eigenvalue weighted by molar-refractivity contribution is -0.123. The van der Waals surface area contributed by atoms with Gasteiger partial charge in [0.2, 0.25) is 5.91 Å². The van der Waals surface area contributed by atoms with E-state index in [1.807, 2.05) is 27.7 Å². The maximum Gasteiger partial charge on any atom is 0.352 e. The van der Waals surface area contributed by atoms with Gasteiger partial charge in [-0.1, -0.05) is 6.92 Å². The summed E-state index contributed by atoms with van der Waals surface area (Å²) in [6.45, 7) is 9.72. The highest BCUT2D eigenvalue weighted by Gasteiger charge is 2.25. The molecule has 0 radical (unpaired) electrons. The van der Waals surface area contributed by atoms with E-state index in [1.165, 1.54) is 19.5 Å². The van der Waals surface area contributed by atoms with Crippen LogP contribution in [0, 0.1) is 12.8 Å². The number of carbonyl (C=O) groups excluding carboxylic acids is 1. The van der Waals surface area contributed by atoms with Crippen molar-refractivity contribution in [1.29, 1.82) is 0 Å². The molecule has 3 aromatic heterocycles. The largest absolute Gasteiger partial charge is 0.352 e. The van der Waals surface area contributed by atoms with E-state index in [0.717, 1.165) is 29.5 Å². The number of nitrogens with one attached hydrogen (secondary N) is 1. The Morgan fingerprint density at radius 2 is 2.11 bits per heavy atom. The first-order chi connectivity index (χ1) is 12.6. The van der Waals surface area contributed by atoms with Crippen LogP contribution in [0.4, 0.5) is 0 Å². The fourth-order valence-corrected chi connectivity index (χ4v) is 5.22. The zero-order valence-corrected chi connectivity index (χ0v) is 17.2. The van der Waals surface area contributed by atoms with E-state index in [0.29, 0.717) is 17.4 Å². The summed E-state index contributed by atoms with van der Waals surface area (Å²) in [6.07, 6.45) is 3.18. The Kier molecular flexibility index (Phi) is 4.14. The lowest BCUT2D eigenvalue weighted by atomic mass is 9.89. The Labute approximate surface area is 161 Å². The Morgan fingerprint density at radius 3 is 2.81 bits per heavy atom. The Hall–Kier alpha value is -2.22. The lowest BCUT2D eigenvalue weighted by Gasteiger charge is -2.20. The molecule has 4 rings (SSSR count). The Balaban J connectivity index is 1.86. The molecule has 1 atom stereocenters. The van der Waals surface area contributed by atoms with Crippen LogP contribution in [0.25, 0.3) is 15.9 Å². The molecule has 3 heterocycles. The van der Waals surface area contributed by atoms with Crippen molar-refractivity contribution in [3.05, 3.63) is 26.7 Å². The number of aromatic nitrogens is 4. The number of thiophene rings is 1. The first-order valence-electron chi connectivity index (χ1n) is 9.35. The highest BCUT2D eigenvalue weighted by Crippen LogP contribution is 2.38. The number of fused-ring (bicyclic) bond motifs is 5. The van der Waals surface area contributed by atoms with Crippen LogP contribution in [0.5, 0.6) is 0 Å². The summed E-state index contributed by atoms with van der Waals surface area (Å²) in [5.74, 6) is 1.05. The average molecular weight is 388 g/mol. The molecule has 1 N–H and O–H groups in total. The SMILES string of the molecule is Cc1nc2sc3c(c2c2nn(CC(=O)NC(C)(C)C)c(=O)n12)CC[C@H](C)C3. The summed E-state index contributed by atoms with van der Waals surface area (Å²) >= 11 is 1.71. The van der Waals surface area contributed by atoms with Gasteiger partial charge in [-0.15, -0.1) is 16.4 Å². The van der Waals surface area contributed by atoms with E-state index in [4.69, 9.17) is 0 Å². The van der Waals surface area contributed by atoms with E-state index in [1.54, 1.807) is 11.3 Å². The molecule has 144 valence electrons.